The molecule has 0 radical (unpaired) electrons. The highest BCUT2D eigenvalue weighted by molar-refractivity contribution is 9.10. The molecule has 1 unspecified atom stereocenters. The molecule has 0 amide bonds. The number of likely N-dealkylation sites (tertiary alicyclic amines) is 1. The fraction of sp³-hybridized carbons (Fsp3) is 0.571. The lowest BCUT2D eigenvalue weighted by Crippen LogP contribution is -2.29. The van der Waals surface area contributed by atoms with Crippen LogP contribution in [0.25, 0.3) is 5.65 Å². The molecule has 1 N–H and O–H groups in total. The first-order valence-corrected chi connectivity index (χ1v) is 7.90. The van der Waals surface area contributed by atoms with Crippen LogP contribution in [-0.4, -0.2) is 44.9 Å². The Labute approximate surface area is 127 Å². The predicted molar refractivity (Wildman–Crippen MR) is 84.0 cm³/mol. The van der Waals surface area contributed by atoms with Gasteiger partial charge in [0.2, 0.25) is 0 Å². The maximum absolute atomic E-state index is 4.50. The lowest BCUT2D eigenvalue weighted by Gasteiger charge is -2.20. The van der Waals surface area contributed by atoms with Crippen molar-refractivity contribution < 1.29 is 0 Å². The summed E-state index contributed by atoms with van der Waals surface area (Å²) < 4.78 is 2.80. The first-order valence-electron chi connectivity index (χ1n) is 7.10. The van der Waals surface area contributed by atoms with Gasteiger partial charge in [0.15, 0.2) is 11.5 Å². The van der Waals surface area contributed by atoms with Crippen molar-refractivity contribution in [2.75, 3.05) is 25.0 Å². The molecule has 3 rings (SSSR count). The Bertz CT molecular complexity index is 594. The van der Waals surface area contributed by atoms with Crippen molar-refractivity contribution in [3.63, 3.8) is 0 Å². The van der Waals surface area contributed by atoms with Crippen LogP contribution in [0, 0.1) is 5.92 Å². The van der Waals surface area contributed by atoms with E-state index in [1.807, 2.05) is 16.8 Å². The molecule has 1 aliphatic rings. The van der Waals surface area contributed by atoms with Crippen LogP contribution < -0.4 is 5.32 Å². The second-order valence-corrected chi connectivity index (χ2v) is 6.51. The zero-order valence-electron chi connectivity index (χ0n) is 11.9. The molecule has 0 saturated carbocycles. The van der Waals surface area contributed by atoms with Crippen LogP contribution >= 0.6 is 15.9 Å². The first-order chi connectivity index (χ1) is 9.63. The van der Waals surface area contributed by atoms with Crippen molar-refractivity contribution in [2.24, 2.45) is 5.92 Å². The quantitative estimate of drug-likeness (QED) is 0.931. The number of aromatic nitrogens is 3. The molecule has 1 saturated heterocycles. The lowest BCUT2D eigenvalue weighted by atomic mass is 10.1. The fourth-order valence-corrected chi connectivity index (χ4v) is 3.16. The monoisotopic (exact) mass is 337 g/mol. The molecule has 6 heteroatoms. The summed E-state index contributed by atoms with van der Waals surface area (Å²) in [5.41, 5.74) is 0.881. The van der Waals surface area contributed by atoms with Gasteiger partial charge in [-0.05, 0) is 48.7 Å². The summed E-state index contributed by atoms with van der Waals surface area (Å²) in [6, 6.07) is 0.642. The molecule has 1 aliphatic heterocycles. The van der Waals surface area contributed by atoms with Crippen LogP contribution in [0.3, 0.4) is 0 Å². The van der Waals surface area contributed by atoms with E-state index in [0.717, 1.165) is 22.6 Å². The summed E-state index contributed by atoms with van der Waals surface area (Å²) in [5, 5.41) is 3.46. The van der Waals surface area contributed by atoms with Crippen LogP contribution in [0.1, 0.15) is 20.3 Å². The topological polar surface area (TPSA) is 45.5 Å². The number of nitrogens with zero attached hydrogens (tertiary/aromatic N) is 4. The third kappa shape index (κ3) is 2.81. The SMILES string of the molecule is CC(C)N1CCC(CNc2nc(Br)cn3ccnc23)C1. The van der Waals surface area contributed by atoms with Gasteiger partial charge >= 0.3 is 0 Å². The van der Waals surface area contributed by atoms with Gasteiger partial charge in [-0.15, -0.1) is 0 Å². The minimum absolute atomic E-state index is 0.642. The van der Waals surface area contributed by atoms with Gasteiger partial charge in [-0.1, -0.05) is 0 Å². The number of fused-ring (bicyclic) bond motifs is 1. The largest absolute Gasteiger partial charge is 0.367 e. The van der Waals surface area contributed by atoms with E-state index in [4.69, 9.17) is 0 Å². The van der Waals surface area contributed by atoms with Gasteiger partial charge in [0.1, 0.15) is 4.60 Å². The molecule has 1 fully saturated rings. The number of hydrogen-bond donors (Lipinski definition) is 1. The number of rotatable bonds is 4. The highest BCUT2D eigenvalue weighted by Gasteiger charge is 2.24. The summed E-state index contributed by atoms with van der Waals surface area (Å²) in [5.74, 6) is 1.54. The van der Waals surface area contributed by atoms with Crippen molar-refractivity contribution in [2.45, 2.75) is 26.3 Å². The standard InChI is InChI=1S/C14H20BrN5/c1-10(2)19-5-3-11(8-19)7-17-13-14-16-4-6-20(14)9-12(15)18-13/h4,6,9-11H,3,5,7-8H2,1-2H3,(H,17,18). The smallest absolute Gasteiger partial charge is 0.180 e. The molecular weight excluding hydrogens is 318 g/mol. The summed E-state index contributed by atoms with van der Waals surface area (Å²) in [4.78, 5) is 11.4. The Kier molecular flexibility index (Phi) is 3.94. The van der Waals surface area contributed by atoms with E-state index in [1.165, 1.54) is 19.5 Å². The van der Waals surface area contributed by atoms with Crippen molar-refractivity contribution in [3.8, 4) is 0 Å². The predicted octanol–water partition coefficient (Wildman–Crippen LogP) is 2.63. The highest BCUT2D eigenvalue weighted by atomic mass is 79.9. The number of hydrogen-bond acceptors (Lipinski definition) is 4. The summed E-state index contributed by atoms with van der Waals surface area (Å²) in [6.45, 7) is 7.85. The summed E-state index contributed by atoms with van der Waals surface area (Å²) in [7, 11) is 0. The summed E-state index contributed by atoms with van der Waals surface area (Å²) in [6.07, 6.45) is 6.90. The van der Waals surface area contributed by atoms with E-state index < -0.39 is 0 Å². The Balaban J connectivity index is 1.67. The summed E-state index contributed by atoms with van der Waals surface area (Å²) >= 11 is 3.44. The lowest BCUT2D eigenvalue weighted by molar-refractivity contribution is 0.266. The van der Waals surface area contributed by atoms with Crippen LogP contribution in [0.2, 0.25) is 0 Å². The van der Waals surface area contributed by atoms with E-state index >= 15 is 0 Å². The molecule has 1 atom stereocenters. The van der Waals surface area contributed by atoms with Gasteiger partial charge < -0.3 is 14.6 Å². The third-order valence-corrected chi connectivity index (χ3v) is 4.33. The van der Waals surface area contributed by atoms with Gasteiger partial charge in [0, 0.05) is 37.7 Å². The minimum Gasteiger partial charge on any atom is -0.367 e. The molecule has 5 nitrogen and oxygen atoms in total. The Hall–Kier alpha value is -1.14. The maximum atomic E-state index is 4.50. The second kappa shape index (κ2) is 5.69. The molecule has 0 aromatic carbocycles. The zero-order chi connectivity index (χ0) is 14.1. The normalized spacial score (nSPS) is 20.1. The van der Waals surface area contributed by atoms with Crippen molar-refractivity contribution >= 4 is 27.4 Å². The van der Waals surface area contributed by atoms with Crippen molar-refractivity contribution in [1.29, 1.82) is 0 Å². The average molecular weight is 338 g/mol. The molecule has 2 aromatic heterocycles. The Morgan fingerprint density at radius 2 is 2.35 bits per heavy atom. The third-order valence-electron chi connectivity index (χ3n) is 3.95. The van der Waals surface area contributed by atoms with Crippen molar-refractivity contribution in [3.05, 3.63) is 23.2 Å². The Morgan fingerprint density at radius 1 is 1.50 bits per heavy atom. The van der Waals surface area contributed by atoms with E-state index in [9.17, 15) is 0 Å². The molecule has 20 heavy (non-hydrogen) atoms. The highest BCUT2D eigenvalue weighted by Crippen LogP contribution is 2.21. The molecule has 3 heterocycles. The average Bonchev–Trinajstić information content (AvgIpc) is 3.04. The van der Waals surface area contributed by atoms with Gasteiger partial charge in [-0.25, -0.2) is 9.97 Å². The number of imidazole rings is 1. The van der Waals surface area contributed by atoms with Crippen molar-refractivity contribution in [1.82, 2.24) is 19.3 Å². The molecule has 108 valence electrons. The molecule has 0 bridgehead atoms. The maximum Gasteiger partial charge on any atom is 0.180 e. The van der Waals surface area contributed by atoms with E-state index in [0.29, 0.717) is 12.0 Å². The van der Waals surface area contributed by atoms with Gasteiger partial charge in [-0.3, -0.25) is 0 Å². The molecular formula is C14H20BrN5. The minimum atomic E-state index is 0.642. The van der Waals surface area contributed by atoms with Crippen LogP contribution in [0.4, 0.5) is 5.82 Å². The second-order valence-electron chi connectivity index (χ2n) is 5.69. The Morgan fingerprint density at radius 3 is 3.10 bits per heavy atom. The van der Waals surface area contributed by atoms with E-state index in [-0.39, 0.29) is 0 Å². The number of anilines is 1. The van der Waals surface area contributed by atoms with E-state index in [1.54, 1.807) is 6.20 Å². The number of halogens is 1. The van der Waals surface area contributed by atoms with Gasteiger partial charge in [-0.2, -0.15) is 0 Å². The fourth-order valence-electron chi connectivity index (χ4n) is 2.76. The van der Waals surface area contributed by atoms with Crippen LogP contribution in [0.15, 0.2) is 23.2 Å². The first kappa shape index (κ1) is 13.8. The van der Waals surface area contributed by atoms with Gasteiger partial charge in [0.25, 0.3) is 0 Å². The zero-order valence-corrected chi connectivity index (χ0v) is 13.5. The molecule has 0 aliphatic carbocycles. The van der Waals surface area contributed by atoms with Crippen LogP contribution in [0.5, 0.6) is 0 Å². The van der Waals surface area contributed by atoms with E-state index in [2.05, 4.69) is 50.0 Å². The molecule has 2 aromatic rings. The van der Waals surface area contributed by atoms with Gasteiger partial charge in [0.05, 0.1) is 0 Å². The molecule has 0 spiro atoms. The van der Waals surface area contributed by atoms with Crippen LogP contribution in [-0.2, 0) is 0 Å². The number of nitrogens with one attached hydrogen (secondary N) is 1.